The number of nitriles is 1. The number of hydrogen-bond acceptors (Lipinski definition) is 8. The monoisotopic (exact) mass is 532 g/mol. The molecule has 2 atom stereocenters. The summed E-state index contributed by atoms with van der Waals surface area (Å²) in [4.78, 5) is 24.1. The molecule has 1 saturated heterocycles. The number of nitrogens with zero attached hydrogens (tertiary/aromatic N) is 4. The molecule has 1 aromatic heterocycles. The van der Waals surface area contributed by atoms with Crippen LogP contribution in [0.2, 0.25) is 0 Å². The maximum absolute atomic E-state index is 13.2. The lowest BCUT2D eigenvalue weighted by atomic mass is 9.82. The van der Waals surface area contributed by atoms with Gasteiger partial charge in [-0.2, -0.15) is 18.4 Å². The first-order valence-corrected chi connectivity index (χ1v) is 13.1. The molecule has 1 saturated carbocycles. The average Bonchev–Trinajstić information content (AvgIpc) is 3.40. The van der Waals surface area contributed by atoms with Crippen molar-refractivity contribution >= 4 is 23.0 Å². The molecule has 196 valence electrons. The summed E-state index contributed by atoms with van der Waals surface area (Å²) in [6.07, 6.45) is 4.98. The predicted molar refractivity (Wildman–Crippen MR) is 131 cm³/mol. The normalized spacial score (nSPS) is 29.1. The summed E-state index contributed by atoms with van der Waals surface area (Å²) in [7, 11) is 0. The van der Waals surface area contributed by atoms with Crippen molar-refractivity contribution in [2.45, 2.75) is 55.6 Å². The van der Waals surface area contributed by atoms with E-state index in [1.807, 2.05) is 6.07 Å². The zero-order valence-electron chi connectivity index (χ0n) is 19.9. The summed E-state index contributed by atoms with van der Waals surface area (Å²) in [6.45, 7) is 1.45. The van der Waals surface area contributed by atoms with Crippen LogP contribution in [-0.2, 0) is 10.4 Å². The van der Waals surface area contributed by atoms with E-state index in [9.17, 15) is 28.3 Å². The Morgan fingerprint density at radius 1 is 1.32 bits per heavy atom. The molecule has 37 heavy (non-hydrogen) atoms. The lowest BCUT2D eigenvalue weighted by Gasteiger charge is -2.47. The first-order chi connectivity index (χ1) is 17.6. The highest BCUT2D eigenvalue weighted by molar-refractivity contribution is 7.09. The van der Waals surface area contributed by atoms with E-state index < -0.39 is 29.3 Å². The van der Waals surface area contributed by atoms with Gasteiger partial charge in [0.1, 0.15) is 17.4 Å². The Bertz CT molecular complexity index is 1190. The third kappa shape index (κ3) is 5.49. The van der Waals surface area contributed by atoms with Crippen molar-refractivity contribution in [1.29, 1.82) is 5.26 Å². The smallest absolute Gasteiger partial charge is 0.384 e. The molecule has 8 nitrogen and oxygen atoms in total. The third-order valence-corrected chi connectivity index (χ3v) is 8.51. The van der Waals surface area contributed by atoms with Gasteiger partial charge in [0.25, 0.3) is 0 Å². The summed E-state index contributed by atoms with van der Waals surface area (Å²) in [5.74, 6) is -0.978. The van der Waals surface area contributed by atoms with Crippen LogP contribution in [0.1, 0.15) is 30.6 Å². The van der Waals surface area contributed by atoms with Gasteiger partial charge in [0, 0.05) is 43.0 Å². The Morgan fingerprint density at radius 2 is 2.08 bits per heavy atom. The van der Waals surface area contributed by atoms with Gasteiger partial charge in [-0.3, -0.25) is 19.7 Å². The molecular formula is C25H27F3N6O2S. The number of halogens is 3. The van der Waals surface area contributed by atoms with E-state index in [4.69, 9.17) is 0 Å². The quantitative estimate of drug-likeness (QED) is 0.519. The number of aromatic nitrogens is 1. The predicted octanol–water partition coefficient (Wildman–Crippen LogP) is 2.57. The highest BCUT2D eigenvalue weighted by Gasteiger charge is 2.41. The van der Waals surface area contributed by atoms with Gasteiger partial charge in [0.15, 0.2) is 0 Å². The second-order valence-electron chi connectivity index (χ2n) is 9.90. The molecule has 12 heteroatoms. The fourth-order valence-electron chi connectivity index (χ4n) is 5.34. The molecule has 5 rings (SSSR count). The van der Waals surface area contributed by atoms with E-state index in [1.54, 1.807) is 11.7 Å². The number of likely N-dealkylation sites (tertiary alicyclic amines) is 1. The molecule has 1 amide bonds. The number of thiazole rings is 1. The van der Waals surface area contributed by atoms with E-state index in [0.29, 0.717) is 24.6 Å². The minimum atomic E-state index is -4.49. The second-order valence-corrected chi connectivity index (χ2v) is 10.8. The van der Waals surface area contributed by atoms with Crippen LogP contribution < -0.4 is 10.6 Å². The number of rotatable bonds is 6. The SMILES string of the molecule is N#CC1=NC2C=CC(C(F)(F)F)=CC2C(NCC(=O)N[C@H]2C[C@H](N3CCC(O)(c4cncs4)CC3)C2)=C1. The number of hydrogen-bond donors (Lipinski definition) is 3. The van der Waals surface area contributed by atoms with Gasteiger partial charge in [0.05, 0.1) is 28.5 Å². The number of carbonyl (C=O) groups excluding carboxylic acids is 1. The van der Waals surface area contributed by atoms with E-state index in [2.05, 4.69) is 25.5 Å². The van der Waals surface area contributed by atoms with Gasteiger partial charge in [-0.25, -0.2) is 0 Å². The van der Waals surface area contributed by atoms with Crippen molar-refractivity contribution < 1.29 is 23.1 Å². The van der Waals surface area contributed by atoms with Crippen LogP contribution in [-0.4, -0.2) is 70.5 Å². The molecule has 1 aromatic rings. The van der Waals surface area contributed by atoms with Gasteiger partial charge in [-0.1, -0.05) is 18.2 Å². The standard InChI is InChI=1S/C25H27F3N6O2S/c26-25(27,28)15-1-2-20-19(7-15)21(10-17(11-29)32-20)31-13-23(35)33-16-8-18(9-16)34-5-3-24(36,4-6-34)22-12-30-14-37-22/h1-2,7,10,12,14,16,18-20,31,36H,3-6,8-9,13H2,(H,33,35)/t16-,18-,19?,20?. The number of allylic oxidation sites excluding steroid dienone is 3. The van der Waals surface area contributed by atoms with E-state index in [0.717, 1.165) is 43.0 Å². The molecule has 2 aliphatic carbocycles. The number of carbonyl (C=O) groups is 1. The highest BCUT2D eigenvalue weighted by Crippen LogP contribution is 2.38. The van der Waals surface area contributed by atoms with Crippen LogP contribution in [0.4, 0.5) is 13.2 Å². The number of piperidine rings is 1. The van der Waals surface area contributed by atoms with Crippen LogP contribution in [0, 0.1) is 17.2 Å². The van der Waals surface area contributed by atoms with Gasteiger partial charge >= 0.3 is 6.18 Å². The van der Waals surface area contributed by atoms with Crippen molar-refractivity contribution in [3.05, 3.63) is 52.2 Å². The minimum absolute atomic E-state index is 0.0280. The number of alkyl halides is 3. The number of amides is 1. The molecular weight excluding hydrogens is 505 g/mol. The minimum Gasteiger partial charge on any atom is -0.384 e. The molecule has 2 aliphatic heterocycles. The fraction of sp³-hybridized carbons (Fsp3) is 0.520. The van der Waals surface area contributed by atoms with Gasteiger partial charge in [-0.15, -0.1) is 11.3 Å². The maximum atomic E-state index is 13.2. The third-order valence-electron chi connectivity index (χ3n) is 7.55. The molecule has 3 N–H and O–H groups in total. The first-order valence-electron chi connectivity index (χ1n) is 12.2. The Morgan fingerprint density at radius 3 is 2.73 bits per heavy atom. The number of dihydropyridines is 1. The molecule has 0 aromatic carbocycles. The Kier molecular flexibility index (Phi) is 6.95. The molecule has 0 bridgehead atoms. The maximum Gasteiger partial charge on any atom is 0.416 e. The summed E-state index contributed by atoms with van der Waals surface area (Å²) in [5, 5.41) is 26.1. The van der Waals surface area contributed by atoms with Crippen LogP contribution in [0.5, 0.6) is 0 Å². The largest absolute Gasteiger partial charge is 0.416 e. The van der Waals surface area contributed by atoms with Gasteiger partial charge < -0.3 is 15.7 Å². The van der Waals surface area contributed by atoms with Crippen molar-refractivity contribution in [2.24, 2.45) is 10.9 Å². The first kappa shape index (κ1) is 25.6. The lowest BCUT2D eigenvalue weighted by Crippen LogP contribution is -2.57. The Labute approximate surface area is 216 Å². The van der Waals surface area contributed by atoms with Crippen molar-refractivity contribution in [3.63, 3.8) is 0 Å². The van der Waals surface area contributed by atoms with Gasteiger partial charge in [0.2, 0.25) is 5.91 Å². The molecule has 3 heterocycles. The van der Waals surface area contributed by atoms with Crippen molar-refractivity contribution in [1.82, 2.24) is 20.5 Å². The summed E-state index contributed by atoms with van der Waals surface area (Å²) in [5.41, 5.74) is 0.614. The average molecular weight is 533 g/mol. The van der Waals surface area contributed by atoms with Crippen molar-refractivity contribution in [2.75, 3.05) is 19.6 Å². The lowest BCUT2D eigenvalue weighted by molar-refractivity contribution is -0.122. The van der Waals surface area contributed by atoms with Crippen LogP contribution in [0.3, 0.4) is 0 Å². The highest BCUT2D eigenvalue weighted by atomic mass is 32.1. The van der Waals surface area contributed by atoms with Crippen LogP contribution in [0.15, 0.2) is 52.3 Å². The van der Waals surface area contributed by atoms with E-state index in [1.165, 1.54) is 23.5 Å². The number of aliphatic hydroxyl groups is 1. The fourth-order valence-corrected chi connectivity index (χ4v) is 6.12. The van der Waals surface area contributed by atoms with Crippen molar-refractivity contribution in [3.8, 4) is 6.07 Å². The number of fused-ring (bicyclic) bond motifs is 1. The number of nitrogens with one attached hydrogen (secondary N) is 2. The Hall–Kier alpha value is -3.01. The molecule has 2 unspecified atom stereocenters. The summed E-state index contributed by atoms with van der Waals surface area (Å²) < 4.78 is 39.6. The summed E-state index contributed by atoms with van der Waals surface area (Å²) >= 11 is 1.47. The molecule has 0 radical (unpaired) electrons. The van der Waals surface area contributed by atoms with Crippen LogP contribution in [0.25, 0.3) is 0 Å². The molecule has 2 fully saturated rings. The zero-order valence-corrected chi connectivity index (χ0v) is 20.7. The number of aliphatic imine (C=N–C) groups is 1. The zero-order chi connectivity index (χ0) is 26.2. The second kappa shape index (κ2) is 10.0. The topological polar surface area (TPSA) is 114 Å². The Balaban J connectivity index is 1.10. The van der Waals surface area contributed by atoms with Crippen LogP contribution >= 0.6 is 11.3 Å². The van der Waals surface area contributed by atoms with Gasteiger partial charge in [-0.05, 0) is 31.8 Å². The molecule has 4 aliphatic rings. The summed E-state index contributed by atoms with van der Waals surface area (Å²) in [6, 6.07) is 1.68. The van der Waals surface area contributed by atoms with E-state index in [-0.39, 0.29) is 24.2 Å². The van der Waals surface area contributed by atoms with E-state index >= 15 is 0 Å². The molecule has 0 spiro atoms.